The molecule has 4 heteroatoms. The minimum atomic E-state index is 0.655. The highest BCUT2D eigenvalue weighted by Gasteiger charge is 2.24. The lowest BCUT2D eigenvalue weighted by Crippen LogP contribution is -2.26. The van der Waals surface area contributed by atoms with Gasteiger partial charge in [0.2, 0.25) is 0 Å². The Morgan fingerprint density at radius 3 is 2.90 bits per heavy atom. The van der Waals surface area contributed by atoms with Crippen LogP contribution in [-0.4, -0.2) is 30.3 Å². The molecule has 1 aliphatic carbocycles. The molecule has 0 radical (unpaired) electrons. The van der Waals surface area contributed by atoms with Crippen molar-refractivity contribution in [2.24, 2.45) is 0 Å². The Balaban J connectivity index is 1.51. The summed E-state index contributed by atoms with van der Waals surface area (Å²) in [7, 11) is 0. The monoisotopic (exact) mass is 293 g/mol. The van der Waals surface area contributed by atoms with Crippen molar-refractivity contribution in [1.82, 2.24) is 5.32 Å². The Hall–Kier alpha value is -0.870. The fourth-order valence-corrected chi connectivity index (χ4v) is 4.12. The number of thioether (sulfide) groups is 1. The second-order valence-corrected chi connectivity index (χ2v) is 7.02. The van der Waals surface area contributed by atoms with E-state index in [1.807, 2.05) is 6.07 Å². The van der Waals surface area contributed by atoms with E-state index in [1.165, 1.54) is 30.6 Å². The summed E-state index contributed by atoms with van der Waals surface area (Å²) in [6.07, 6.45) is 3.97. The first-order valence-electron chi connectivity index (χ1n) is 7.58. The molecule has 3 rings (SSSR count). The second kappa shape index (κ2) is 6.72. The summed E-state index contributed by atoms with van der Waals surface area (Å²) >= 11 is 2.11. The molecule has 20 heavy (non-hydrogen) atoms. The molecule has 3 nitrogen and oxygen atoms in total. The molecule has 1 aromatic carbocycles. The molecule has 1 N–H and O–H groups in total. The third-order valence-electron chi connectivity index (χ3n) is 3.99. The van der Waals surface area contributed by atoms with Crippen LogP contribution >= 0.6 is 11.8 Å². The smallest absolute Gasteiger partial charge is 0.161 e. The maximum Gasteiger partial charge on any atom is 0.161 e. The van der Waals surface area contributed by atoms with Gasteiger partial charge in [0, 0.05) is 17.8 Å². The lowest BCUT2D eigenvalue weighted by molar-refractivity contribution is 0.171. The fourth-order valence-electron chi connectivity index (χ4n) is 2.97. The Kier molecular flexibility index (Phi) is 4.73. The van der Waals surface area contributed by atoms with Crippen molar-refractivity contribution < 1.29 is 9.47 Å². The second-order valence-electron chi connectivity index (χ2n) is 5.45. The van der Waals surface area contributed by atoms with Gasteiger partial charge in [-0.15, -0.1) is 0 Å². The molecule has 2 unspecified atom stereocenters. The summed E-state index contributed by atoms with van der Waals surface area (Å²) in [6.45, 7) is 4.48. The third kappa shape index (κ3) is 3.41. The zero-order valence-electron chi connectivity index (χ0n) is 12.1. The molecule has 2 atom stereocenters. The number of rotatable bonds is 5. The molecule has 110 valence electrons. The van der Waals surface area contributed by atoms with Crippen molar-refractivity contribution in [3.05, 3.63) is 23.8 Å². The maximum absolute atomic E-state index is 5.63. The molecule has 0 saturated heterocycles. The molecule has 1 heterocycles. The van der Waals surface area contributed by atoms with Crippen molar-refractivity contribution in [3.63, 3.8) is 0 Å². The van der Waals surface area contributed by atoms with Crippen LogP contribution in [0.25, 0.3) is 0 Å². The van der Waals surface area contributed by atoms with E-state index in [9.17, 15) is 0 Å². The first kappa shape index (κ1) is 14.1. The third-order valence-corrected chi connectivity index (χ3v) is 5.22. The minimum Gasteiger partial charge on any atom is -0.486 e. The molecular weight excluding hydrogens is 270 g/mol. The van der Waals surface area contributed by atoms with Crippen LogP contribution in [0.4, 0.5) is 0 Å². The summed E-state index contributed by atoms with van der Waals surface area (Å²) in [5.41, 5.74) is 1.28. The van der Waals surface area contributed by atoms with Crippen molar-refractivity contribution >= 4 is 11.8 Å². The lowest BCUT2D eigenvalue weighted by Gasteiger charge is -2.19. The first-order valence-corrected chi connectivity index (χ1v) is 8.63. The molecule has 1 aromatic rings. The number of hydrogen-bond donors (Lipinski definition) is 1. The van der Waals surface area contributed by atoms with Gasteiger partial charge in [-0.05, 0) is 42.7 Å². The van der Waals surface area contributed by atoms with Crippen LogP contribution in [0.1, 0.15) is 31.7 Å². The van der Waals surface area contributed by atoms with Crippen LogP contribution in [0, 0.1) is 0 Å². The fraction of sp³-hybridized carbons (Fsp3) is 0.625. The van der Waals surface area contributed by atoms with E-state index in [-0.39, 0.29) is 0 Å². The highest BCUT2D eigenvalue weighted by Crippen LogP contribution is 2.32. The van der Waals surface area contributed by atoms with Crippen LogP contribution < -0.4 is 14.8 Å². The van der Waals surface area contributed by atoms with Gasteiger partial charge in [0.05, 0.1) is 0 Å². The van der Waals surface area contributed by atoms with Gasteiger partial charge in [-0.25, -0.2) is 0 Å². The number of hydrogen-bond acceptors (Lipinski definition) is 4. The zero-order valence-corrected chi connectivity index (χ0v) is 12.9. The van der Waals surface area contributed by atoms with E-state index in [0.29, 0.717) is 19.3 Å². The first-order chi connectivity index (χ1) is 9.85. The SMILES string of the molecule is CCSC1CCC(NCc2ccc3c(c2)OCCO3)C1. The Morgan fingerprint density at radius 1 is 1.20 bits per heavy atom. The van der Waals surface area contributed by atoms with Gasteiger partial charge in [-0.1, -0.05) is 13.0 Å². The highest BCUT2D eigenvalue weighted by atomic mass is 32.2. The molecule has 2 aliphatic rings. The molecule has 0 spiro atoms. The molecule has 1 saturated carbocycles. The quantitative estimate of drug-likeness (QED) is 0.903. The predicted octanol–water partition coefficient (Wildman–Crippen LogP) is 3.22. The lowest BCUT2D eigenvalue weighted by atomic mass is 10.1. The van der Waals surface area contributed by atoms with Gasteiger partial charge in [0.1, 0.15) is 13.2 Å². The van der Waals surface area contributed by atoms with Crippen molar-refractivity contribution in [3.8, 4) is 11.5 Å². The van der Waals surface area contributed by atoms with Crippen LogP contribution in [0.5, 0.6) is 11.5 Å². The van der Waals surface area contributed by atoms with Crippen molar-refractivity contribution in [1.29, 1.82) is 0 Å². The minimum absolute atomic E-state index is 0.655. The topological polar surface area (TPSA) is 30.5 Å². The highest BCUT2D eigenvalue weighted by molar-refractivity contribution is 7.99. The van der Waals surface area contributed by atoms with Gasteiger partial charge in [0.15, 0.2) is 11.5 Å². The van der Waals surface area contributed by atoms with Crippen LogP contribution in [-0.2, 0) is 6.54 Å². The molecular formula is C16H23NO2S. The van der Waals surface area contributed by atoms with E-state index < -0.39 is 0 Å². The summed E-state index contributed by atoms with van der Waals surface area (Å²) in [4.78, 5) is 0. The van der Waals surface area contributed by atoms with E-state index in [0.717, 1.165) is 23.3 Å². The summed E-state index contributed by atoms with van der Waals surface area (Å²) in [6, 6.07) is 6.94. The summed E-state index contributed by atoms with van der Waals surface area (Å²) < 4.78 is 11.2. The van der Waals surface area contributed by atoms with E-state index in [1.54, 1.807) is 0 Å². The van der Waals surface area contributed by atoms with Crippen molar-refractivity contribution in [2.75, 3.05) is 19.0 Å². The normalized spacial score (nSPS) is 24.9. The van der Waals surface area contributed by atoms with Gasteiger partial charge >= 0.3 is 0 Å². The Labute approximate surface area is 125 Å². The molecule has 0 aromatic heterocycles. The van der Waals surface area contributed by atoms with Crippen LogP contribution in [0.15, 0.2) is 18.2 Å². The number of nitrogens with one attached hydrogen (secondary N) is 1. The Morgan fingerprint density at radius 2 is 2.05 bits per heavy atom. The van der Waals surface area contributed by atoms with E-state index >= 15 is 0 Å². The number of fused-ring (bicyclic) bond motifs is 1. The average Bonchev–Trinajstić information content (AvgIpc) is 2.93. The molecule has 0 amide bonds. The van der Waals surface area contributed by atoms with Gasteiger partial charge in [0.25, 0.3) is 0 Å². The van der Waals surface area contributed by atoms with Gasteiger partial charge in [-0.3, -0.25) is 0 Å². The van der Waals surface area contributed by atoms with Gasteiger partial charge in [-0.2, -0.15) is 11.8 Å². The molecule has 1 fully saturated rings. The maximum atomic E-state index is 5.63. The molecule has 1 aliphatic heterocycles. The summed E-state index contributed by atoms with van der Waals surface area (Å²) in [5, 5.41) is 4.54. The van der Waals surface area contributed by atoms with E-state index in [4.69, 9.17) is 9.47 Å². The van der Waals surface area contributed by atoms with Gasteiger partial charge < -0.3 is 14.8 Å². The standard InChI is InChI=1S/C16H23NO2S/c1-2-20-14-5-4-13(10-14)17-11-12-3-6-15-16(9-12)19-8-7-18-15/h3,6,9,13-14,17H,2,4-5,7-8,10-11H2,1H3. The largest absolute Gasteiger partial charge is 0.486 e. The molecule has 0 bridgehead atoms. The Bertz CT molecular complexity index is 452. The van der Waals surface area contributed by atoms with Crippen molar-refractivity contribution in [2.45, 2.75) is 44.0 Å². The number of ether oxygens (including phenoxy) is 2. The summed E-state index contributed by atoms with van der Waals surface area (Å²) in [5.74, 6) is 3.00. The van der Waals surface area contributed by atoms with Crippen LogP contribution in [0.2, 0.25) is 0 Å². The number of benzene rings is 1. The van der Waals surface area contributed by atoms with Crippen LogP contribution in [0.3, 0.4) is 0 Å². The van der Waals surface area contributed by atoms with E-state index in [2.05, 4.69) is 36.1 Å². The predicted molar refractivity (Wildman–Crippen MR) is 83.8 cm³/mol. The zero-order chi connectivity index (χ0) is 13.8. The average molecular weight is 293 g/mol.